The third-order valence-electron chi connectivity index (χ3n) is 4.63. The van der Waals surface area contributed by atoms with E-state index in [0.29, 0.717) is 35.6 Å². The van der Waals surface area contributed by atoms with Crippen molar-refractivity contribution in [1.82, 2.24) is 10.3 Å². The lowest BCUT2D eigenvalue weighted by molar-refractivity contribution is 0.0965. The van der Waals surface area contributed by atoms with Gasteiger partial charge in [-0.2, -0.15) is 0 Å². The van der Waals surface area contributed by atoms with Crippen LogP contribution < -0.4 is 15.4 Å². The lowest BCUT2D eigenvalue weighted by Gasteiger charge is -2.10. The minimum Gasteiger partial charge on any atom is -0.492 e. The Morgan fingerprint density at radius 3 is 2.93 bits per heavy atom. The van der Waals surface area contributed by atoms with E-state index in [-0.39, 0.29) is 11.7 Å². The van der Waals surface area contributed by atoms with Crippen LogP contribution in [-0.2, 0) is 6.42 Å². The second kappa shape index (κ2) is 9.37. The first-order valence-corrected chi connectivity index (χ1v) is 9.67. The summed E-state index contributed by atoms with van der Waals surface area (Å²) in [7, 11) is 0. The van der Waals surface area contributed by atoms with E-state index in [2.05, 4.69) is 22.5 Å². The van der Waals surface area contributed by atoms with E-state index in [4.69, 9.17) is 4.74 Å². The van der Waals surface area contributed by atoms with Gasteiger partial charge < -0.3 is 20.4 Å². The molecule has 0 saturated heterocycles. The van der Waals surface area contributed by atoms with Gasteiger partial charge in [-0.05, 0) is 44.4 Å². The van der Waals surface area contributed by atoms with Crippen molar-refractivity contribution in [3.05, 3.63) is 47.3 Å². The highest BCUT2D eigenvalue weighted by molar-refractivity contribution is 6.13. The number of Topliss-reactive ketones (excluding diaryl/α,β-unsaturated/α-hetero) is 1. The Morgan fingerprint density at radius 1 is 1.22 bits per heavy atom. The van der Waals surface area contributed by atoms with Gasteiger partial charge >= 0.3 is 0 Å². The number of aromatic nitrogens is 1. The summed E-state index contributed by atoms with van der Waals surface area (Å²) in [5.41, 5.74) is 2.50. The Kier molecular flexibility index (Phi) is 6.65. The van der Waals surface area contributed by atoms with Gasteiger partial charge in [-0.3, -0.25) is 9.59 Å². The van der Waals surface area contributed by atoms with Gasteiger partial charge in [0.15, 0.2) is 5.78 Å². The Bertz CT molecular complexity index is 798. The maximum atomic E-state index is 12.7. The van der Waals surface area contributed by atoms with E-state index in [1.807, 2.05) is 18.2 Å². The zero-order valence-corrected chi connectivity index (χ0v) is 15.8. The highest BCUT2D eigenvalue weighted by Gasteiger charge is 2.24. The number of nitrogens with one attached hydrogen (secondary N) is 3. The number of amides is 1. The normalized spacial score (nSPS) is 13.7. The second-order valence-electron chi connectivity index (χ2n) is 6.77. The molecule has 0 unspecified atom stereocenters. The van der Waals surface area contributed by atoms with Crippen molar-refractivity contribution in [2.24, 2.45) is 0 Å². The number of carbonyl (C=O) groups is 2. The van der Waals surface area contributed by atoms with E-state index in [0.717, 1.165) is 44.5 Å². The van der Waals surface area contributed by atoms with Crippen LogP contribution in [0.15, 0.2) is 30.5 Å². The molecule has 0 atom stereocenters. The smallest absolute Gasteiger partial charge is 0.257 e. The molecule has 3 N–H and O–H groups in total. The number of hydrogen-bond donors (Lipinski definition) is 3. The van der Waals surface area contributed by atoms with Gasteiger partial charge in [0.1, 0.15) is 12.4 Å². The Hall–Kier alpha value is -2.60. The number of rotatable bonds is 8. The molecular formula is C21H27N3O3. The number of fused-ring (bicyclic) bond motifs is 1. The molecule has 6 nitrogen and oxygen atoms in total. The van der Waals surface area contributed by atoms with Gasteiger partial charge in [-0.15, -0.1) is 0 Å². The molecule has 6 heteroatoms. The van der Waals surface area contributed by atoms with Crippen molar-refractivity contribution in [3.63, 3.8) is 0 Å². The van der Waals surface area contributed by atoms with Crippen LogP contribution in [0.25, 0.3) is 0 Å². The molecular weight excluding hydrogens is 342 g/mol. The number of anilines is 1. The molecule has 0 aliphatic heterocycles. The molecule has 0 radical (unpaired) electrons. The summed E-state index contributed by atoms with van der Waals surface area (Å²) in [5.74, 6) is 0.477. The lowest BCUT2D eigenvalue weighted by atomic mass is 10.0. The van der Waals surface area contributed by atoms with Crippen LogP contribution in [0.4, 0.5) is 5.69 Å². The fourth-order valence-electron chi connectivity index (χ4n) is 3.28. The molecule has 2 aromatic rings. The van der Waals surface area contributed by atoms with E-state index < -0.39 is 0 Å². The van der Waals surface area contributed by atoms with Crippen molar-refractivity contribution in [2.75, 3.05) is 25.0 Å². The monoisotopic (exact) mass is 369 g/mol. The molecule has 3 rings (SSSR count). The fourth-order valence-corrected chi connectivity index (χ4v) is 3.28. The maximum absolute atomic E-state index is 12.7. The molecule has 1 aromatic carbocycles. The Morgan fingerprint density at radius 2 is 2.07 bits per heavy atom. The van der Waals surface area contributed by atoms with E-state index in [1.54, 1.807) is 12.3 Å². The van der Waals surface area contributed by atoms with Gasteiger partial charge in [0.05, 0.1) is 11.1 Å². The number of ketones is 1. The highest BCUT2D eigenvalue weighted by atomic mass is 16.5. The standard InChI is InChI=1S/C21H27N3O3/c1-2-10-22-11-12-27-16-7-5-6-15(13-16)24-21(26)17-14-23-18-8-3-4-9-19(25)20(17)18/h5-7,13-14,22-23H,2-4,8-12H2,1H3,(H,24,26). The van der Waals surface area contributed by atoms with E-state index >= 15 is 0 Å². The summed E-state index contributed by atoms with van der Waals surface area (Å²) >= 11 is 0. The van der Waals surface area contributed by atoms with Crippen molar-refractivity contribution in [2.45, 2.75) is 39.0 Å². The molecule has 1 amide bonds. The van der Waals surface area contributed by atoms with Crippen molar-refractivity contribution < 1.29 is 14.3 Å². The van der Waals surface area contributed by atoms with Crippen LogP contribution in [0.5, 0.6) is 5.75 Å². The van der Waals surface area contributed by atoms with Crippen LogP contribution in [0.2, 0.25) is 0 Å². The van der Waals surface area contributed by atoms with Crippen LogP contribution in [0.3, 0.4) is 0 Å². The highest BCUT2D eigenvalue weighted by Crippen LogP contribution is 2.25. The number of benzene rings is 1. The number of aromatic amines is 1. The van der Waals surface area contributed by atoms with Crippen molar-refractivity contribution in [1.29, 1.82) is 0 Å². The maximum Gasteiger partial charge on any atom is 0.257 e. The molecule has 0 spiro atoms. The third-order valence-corrected chi connectivity index (χ3v) is 4.63. The summed E-state index contributed by atoms with van der Waals surface area (Å²) in [6.45, 7) is 4.44. The molecule has 0 saturated carbocycles. The van der Waals surface area contributed by atoms with Crippen LogP contribution in [-0.4, -0.2) is 36.4 Å². The van der Waals surface area contributed by atoms with Gasteiger partial charge in [0, 0.05) is 36.6 Å². The minimum absolute atomic E-state index is 0.0468. The number of ether oxygens (including phenoxy) is 1. The van der Waals surface area contributed by atoms with E-state index in [9.17, 15) is 9.59 Å². The molecule has 0 fully saturated rings. The average Bonchev–Trinajstić information content (AvgIpc) is 3.01. The second-order valence-corrected chi connectivity index (χ2v) is 6.77. The predicted octanol–water partition coefficient (Wildman–Crippen LogP) is 3.55. The molecule has 1 aliphatic rings. The SMILES string of the molecule is CCCNCCOc1cccc(NC(=O)c2c[nH]c3c2C(=O)CCCC3)c1. The largest absolute Gasteiger partial charge is 0.492 e. The van der Waals surface area contributed by atoms with Crippen molar-refractivity contribution in [3.8, 4) is 5.75 Å². The van der Waals surface area contributed by atoms with Gasteiger partial charge in [0.2, 0.25) is 0 Å². The zero-order chi connectivity index (χ0) is 19.1. The summed E-state index contributed by atoms with van der Waals surface area (Å²) in [6.07, 6.45) is 5.88. The number of hydrogen-bond acceptors (Lipinski definition) is 4. The summed E-state index contributed by atoms with van der Waals surface area (Å²) in [5, 5.41) is 6.16. The van der Waals surface area contributed by atoms with Gasteiger partial charge in [0.25, 0.3) is 5.91 Å². The van der Waals surface area contributed by atoms with E-state index in [1.165, 1.54) is 0 Å². The number of aryl methyl sites for hydroxylation is 1. The molecule has 27 heavy (non-hydrogen) atoms. The molecule has 1 aliphatic carbocycles. The first-order valence-electron chi connectivity index (χ1n) is 9.67. The zero-order valence-electron chi connectivity index (χ0n) is 15.8. The summed E-state index contributed by atoms with van der Waals surface area (Å²) in [6, 6.07) is 7.31. The summed E-state index contributed by atoms with van der Waals surface area (Å²) in [4.78, 5) is 28.2. The number of H-pyrrole nitrogens is 1. The van der Waals surface area contributed by atoms with Crippen LogP contribution >= 0.6 is 0 Å². The molecule has 1 aromatic heterocycles. The lowest BCUT2D eigenvalue weighted by Crippen LogP contribution is -2.21. The first kappa shape index (κ1) is 19.2. The van der Waals surface area contributed by atoms with Crippen LogP contribution in [0.1, 0.15) is 59.0 Å². The van der Waals surface area contributed by atoms with Crippen LogP contribution in [0, 0.1) is 0 Å². The fraction of sp³-hybridized carbons (Fsp3) is 0.429. The molecule has 0 bridgehead atoms. The first-order chi connectivity index (χ1) is 13.2. The summed E-state index contributed by atoms with van der Waals surface area (Å²) < 4.78 is 5.72. The molecule has 1 heterocycles. The quantitative estimate of drug-likeness (QED) is 0.491. The topological polar surface area (TPSA) is 83.2 Å². The molecule has 144 valence electrons. The third kappa shape index (κ3) is 4.98. The Balaban J connectivity index is 1.64. The number of carbonyl (C=O) groups excluding carboxylic acids is 2. The van der Waals surface area contributed by atoms with Gasteiger partial charge in [-0.25, -0.2) is 0 Å². The Labute approximate surface area is 159 Å². The average molecular weight is 369 g/mol. The minimum atomic E-state index is -0.274. The van der Waals surface area contributed by atoms with Crippen molar-refractivity contribution >= 4 is 17.4 Å². The van der Waals surface area contributed by atoms with Gasteiger partial charge in [-0.1, -0.05) is 13.0 Å². The predicted molar refractivity (Wildman–Crippen MR) is 106 cm³/mol.